The van der Waals surface area contributed by atoms with Crippen LogP contribution in [0.25, 0.3) is 0 Å². The van der Waals surface area contributed by atoms with E-state index in [9.17, 15) is 0 Å². The molecule has 3 aromatic rings. The van der Waals surface area contributed by atoms with Crippen molar-refractivity contribution in [3.05, 3.63) is 108 Å². The van der Waals surface area contributed by atoms with Gasteiger partial charge in [-0.25, -0.2) is 0 Å². The van der Waals surface area contributed by atoms with Gasteiger partial charge in [-0.05, 0) is 11.1 Å². The molecule has 37 heavy (non-hydrogen) atoms. The van der Waals surface area contributed by atoms with Gasteiger partial charge < -0.3 is 23.7 Å². The van der Waals surface area contributed by atoms with Crippen molar-refractivity contribution in [3.8, 4) is 0 Å². The summed E-state index contributed by atoms with van der Waals surface area (Å²) in [6.07, 6.45) is -1.73. The van der Waals surface area contributed by atoms with Crippen LogP contribution in [-0.2, 0) is 36.9 Å². The highest BCUT2D eigenvalue weighted by atomic mass is 32.2. The average molecular weight is 521 g/mol. The average Bonchev–Trinajstić information content (AvgIpc) is 2.91. The van der Waals surface area contributed by atoms with Crippen LogP contribution in [-0.4, -0.2) is 41.2 Å². The van der Waals surface area contributed by atoms with E-state index < -0.39 is 6.29 Å². The second-order valence-electron chi connectivity index (χ2n) is 10.5. The van der Waals surface area contributed by atoms with E-state index >= 15 is 0 Å². The van der Waals surface area contributed by atoms with Crippen molar-refractivity contribution in [2.45, 2.75) is 74.9 Å². The lowest BCUT2D eigenvalue weighted by atomic mass is 9.98. The van der Waals surface area contributed by atoms with Gasteiger partial charge in [-0.3, -0.25) is 0 Å². The van der Waals surface area contributed by atoms with Gasteiger partial charge in [0.15, 0.2) is 6.29 Å². The summed E-state index contributed by atoms with van der Waals surface area (Å²) in [4.78, 5) is 0. The van der Waals surface area contributed by atoms with Crippen molar-refractivity contribution in [2.24, 2.45) is 0 Å². The summed E-state index contributed by atoms with van der Waals surface area (Å²) >= 11 is 1.76. The topological polar surface area (TPSA) is 46.2 Å². The molecule has 3 aromatic carbocycles. The second-order valence-corrected chi connectivity index (χ2v) is 12.4. The molecule has 5 rings (SSSR count). The van der Waals surface area contributed by atoms with Crippen LogP contribution in [0.3, 0.4) is 0 Å². The Labute approximate surface area is 224 Å². The molecular weight excluding hydrogens is 484 g/mol. The van der Waals surface area contributed by atoms with Gasteiger partial charge in [0.2, 0.25) is 0 Å². The van der Waals surface area contributed by atoms with Gasteiger partial charge in [-0.2, -0.15) is 0 Å². The number of benzene rings is 3. The molecule has 2 saturated heterocycles. The van der Waals surface area contributed by atoms with E-state index in [-0.39, 0.29) is 34.6 Å². The second kappa shape index (κ2) is 12.1. The van der Waals surface area contributed by atoms with Crippen molar-refractivity contribution in [3.63, 3.8) is 0 Å². The van der Waals surface area contributed by atoms with Crippen molar-refractivity contribution in [1.29, 1.82) is 0 Å². The van der Waals surface area contributed by atoms with Crippen LogP contribution in [0.4, 0.5) is 0 Å². The van der Waals surface area contributed by atoms with Crippen molar-refractivity contribution >= 4 is 11.8 Å². The number of rotatable bonds is 8. The van der Waals surface area contributed by atoms with Gasteiger partial charge in [-0.15, -0.1) is 11.8 Å². The fourth-order valence-corrected chi connectivity index (χ4v) is 5.93. The van der Waals surface area contributed by atoms with Gasteiger partial charge in [0.1, 0.15) is 29.9 Å². The highest BCUT2D eigenvalue weighted by molar-refractivity contribution is 8.01. The normalized spacial score (nSPS) is 28.0. The third-order valence-electron chi connectivity index (χ3n) is 6.40. The van der Waals surface area contributed by atoms with Crippen LogP contribution < -0.4 is 0 Å². The van der Waals surface area contributed by atoms with Gasteiger partial charge >= 0.3 is 0 Å². The molecule has 0 saturated carbocycles. The molecule has 2 heterocycles. The standard InChI is InChI=1S/C31H36O5S/c1-31(2,3)37-30-28(33-20-23-15-9-5-10-16-23)27(32-19-22-13-7-4-8-14-22)26-25(35-30)21-34-29(36-26)24-17-11-6-12-18-24/h4-18,25-30H,19-21H2,1-3H3/t25-,26-,27+,28+,29-,30+/m1/s1. The van der Waals surface area contributed by atoms with Crippen LogP contribution in [0.15, 0.2) is 91.0 Å². The Kier molecular flexibility index (Phi) is 8.65. The van der Waals surface area contributed by atoms with Gasteiger partial charge in [0.25, 0.3) is 0 Å². The smallest absolute Gasteiger partial charge is 0.184 e. The monoisotopic (exact) mass is 520 g/mol. The molecule has 2 aliphatic heterocycles. The molecule has 6 atom stereocenters. The van der Waals surface area contributed by atoms with Crippen LogP contribution in [0.2, 0.25) is 0 Å². The summed E-state index contributed by atoms with van der Waals surface area (Å²) in [5, 5.41) is 0. The minimum absolute atomic E-state index is 0.0290. The summed E-state index contributed by atoms with van der Waals surface area (Å²) in [6.45, 7) is 7.95. The maximum Gasteiger partial charge on any atom is 0.184 e. The number of fused-ring (bicyclic) bond motifs is 1. The van der Waals surface area contributed by atoms with Crippen LogP contribution in [0.5, 0.6) is 0 Å². The zero-order valence-electron chi connectivity index (χ0n) is 21.7. The molecule has 0 unspecified atom stereocenters. The molecule has 0 N–H and O–H groups in total. The largest absolute Gasteiger partial charge is 0.368 e. The first kappa shape index (κ1) is 26.4. The Bertz CT molecular complexity index is 1090. The molecule has 2 fully saturated rings. The van der Waals surface area contributed by atoms with Gasteiger partial charge in [0.05, 0.1) is 19.8 Å². The van der Waals surface area contributed by atoms with E-state index in [1.165, 1.54) is 0 Å². The Morgan fingerprint density at radius 2 is 1.27 bits per heavy atom. The molecule has 196 valence electrons. The van der Waals surface area contributed by atoms with E-state index in [1.807, 2.05) is 66.7 Å². The molecule has 6 heteroatoms. The first-order chi connectivity index (χ1) is 18.0. The van der Waals surface area contributed by atoms with Gasteiger partial charge in [0, 0.05) is 10.3 Å². The Hall–Kier alpha value is -2.19. The zero-order valence-corrected chi connectivity index (χ0v) is 22.5. The summed E-state index contributed by atoms with van der Waals surface area (Å²) in [7, 11) is 0. The fraction of sp³-hybridized carbons (Fsp3) is 0.419. The third-order valence-corrected chi connectivity index (χ3v) is 7.71. The van der Waals surface area contributed by atoms with Gasteiger partial charge in [-0.1, -0.05) is 112 Å². The maximum absolute atomic E-state index is 6.67. The van der Waals surface area contributed by atoms with Crippen molar-refractivity contribution in [1.82, 2.24) is 0 Å². The fourth-order valence-electron chi connectivity index (χ4n) is 4.67. The molecule has 2 aliphatic rings. The van der Waals surface area contributed by atoms with E-state index in [0.717, 1.165) is 16.7 Å². The molecule has 0 spiro atoms. The molecule has 0 bridgehead atoms. The highest BCUT2D eigenvalue weighted by Crippen LogP contribution is 2.42. The Morgan fingerprint density at radius 3 is 1.84 bits per heavy atom. The molecule has 0 radical (unpaired) electrons. The molecule has 0 amide bonds. The lowest BCUT2D eigenvalue weighted by Crippen LogP contribution is -2.62. The quantitative estimate of drug-likeness (QED) is 0.337. The number of hydrogen-bond donors (Lipinski definition) is 0. The number of thioether (sulfide) groups is 1. The van der Waals surface area contributed by atoms with E-state index in [4.69, 9.17) is 23.7 Å². The molecular formula is C31H36O5S. The lowest BCUT2D eigenvalue weighted by Gasteiger charge is -2.50. The SMILES string of the molecule is CC(C)(C)S[C@@H]1O[C@@H]2CO[C@@H](c3ccccc3)O[C@H]2[C@H](OCc2ccccc2)[C@@H]1OCc1ccccc1. The summed E-state index contributed by atoms with van der Waals surface area (Å²) in [5.41, 5.74) is 2.97. The highest BCUT2D eigenvalue weighted by Gasteiger charge is 2.52. The first-order valence-electron chi connectivity index (χ1n) is 12.9. The van der Waals surface area contributed by atoms with Crippen LogP contribution in [0, 0.1) is 0 Å². The summed E-state index contributed by atoms with van der Waals surface area (Å²) in [5.74, 6) is 0. The van der Waals surface area contributed by atoms with Crippen molar-refractivity contribution < 1.29 is 23.7 Å². The summed E-state index contributed by atoms with van der Waals surface area (Å²) < 4.78 is 32.6. The number of hydrogen-bond acceptors (Lipinski definition) is 6. The van der Waals surface area contributed by atoms with E-state index in [1.54, 1.807) is 11.8 Å². The lowest BCUT2D eigenvalue weighted by molar-refractivity contribution is -0.329. The van der Waals surface area contributed by atoms with Crippen LogP contribution >= 0.6 is 11.8 Å². The van der Waals surface area contributed by atoms with Crippen LogP contribution in [0.1, 0.15) is 43.8 Å². The zero-order chi connectivity index (χ0) is 25.7. The Morgan fingerprint density at radius 1 is 0.730 bits per heavy atom. The minimum atomic E-state index is -0.476. The third kappa shape index (κ3) is 7.02. The first-order valence-corrected chi connectivity index (χ1v) is 13.8. The maximum atomic E-state index is 6.67. The molecule has 5 nitrogen and oxygen atoms in total. The van der Waals surface area contributed by atoms with E-state index in [0.29, 0.717) is 19.8 Å². The Balaban J connectivity index is 1.43. The minimum Gasteiger partial charge on any atom is -0.368 e. The predicted octanol–water partition coefficient (Wildman–Crippen LogP) is 6.53. The molecule has 0 aliphatic carbocycles. The predicted molar refractivity (Wildman–Crippen MR) is 146 cm³/mol. The number of ether oxygens (including phenoxy) is 5. The summed E-state index contributed by atoms with van der Waals surface area (Å²) in [6, 6.07) is 30.5. The van der Waals surface area contributed by atoms with E-state index in [2.05, 4.69) is 45.0 Å². The van der Waals surface area contributed by atoms with Crippen molar-refractivity contribution in [2.75, 3.05) is 6.61 Å². The molecule has 0 aromatic heterocycles.